The van der Waals surface area contributed by atoms with E-state index in [1.165, 1.54) is 5.56 Å². The minimum absolute atomic E-state index is 0.738. The molecule has 2 aromatic carbocycles. The molecule has 0 saturated carbocycles. The Kier molecular flexibility index (Phi) is 4.37. The maximum Gasteiger partial charge on any atom is 0.130 e. The summed E-state index contributed by atoms with van der Waals surface area (Å²) < 4.78 is 5.84. The third-order valence-electron chi connectivity index (χ3n) is 2.91. The van der Waals surface area contributed by atoms with Crippen LogP contribution in [0, 0.1) is 6.92 Å². The Labute approximate surface area is 108 Å². The van der Waals surface area contributed by atoms with Crippen LogP contribution in [0.15, 0.2) is 48.5 Å². The summed E-state index contributed by atoms with van der Waals surface area (Å²) in [5, 5.41) is 0. The SMILES string of the molecule is Cc1ccccc1Oc1ccc(CCCN)cc1. The topological polar surface area (TPSA) is 35.2 Å². The normalized spacial score (nSPS) is 10.3. The summed E-state index contributed by atoms with van der Waals surface area (Å²) in [6, 6.07) is 16.3. The van der Waals surface area contributed by atoms with Gasteiger partial charge in [-0.15, -0.1) is 0 Å². The first-order chi connectivity index (χ1) is 8.79. The molecule has 2 heteroatoms. The summed E-state index contributed by atoms with van der Waals surface area (Å²) in [5.41, 5.74) is 7.95. The van der Waals surface area contributed by atoms with Gasteiger partial charge in [-0.25, -0.2) is 0 Å². The fraction of sp³-hybridized carbons (Fsp3) is 0.250. The highest BCUT2D eigenvalue weighted by Gasteiger charge is 2.00. The van der Waals surface area contributed by atoms with Crippen LogP contribution in [-0.2, 0) is 6.42 Å². The zero-order chi connectivity index (χ0) is 12.8. The molecule has 0 aliphatic heterocycles. The van der Waals surface area contributed by atoms with E-state index in [9.17, 15) is 0 Å². The highest BCUT2D eigenvalue weighted by atomic mass is 16.5. The number of aryl methyl sites for hydroxylation is 2. The molecule has 94 valence electrons. The van der Waals surface area contributed by atoms with Crippen LogP contribution in [0.3, 0.4) is 0 Å². The van der Waals surface area contributed by atoms with Gasteiger partial charge in [0.2, 0.25) is 0 Å². The molecule has 2 nitrogen and oxygen atoms in total. The van der Waals surface area contributed by atoms with Gasteiger partial charge in [0.15, 0.2) is 0 Å². The molecule has 0 spiro atoms. The van der Waals surface area contributed by atoms with E-state index in [0.29, 0.717) is 0 Å². The molecule has 2 aromatic rings. The van der Waals surface area contributed by atoms with Gasteiger partial charge >= 0.3 is 0 Å². The Morgan fingerprint density at radius 2 is 1.72 bits per heavy atom. The standard InChI is InChI=1S/C16H19NO/c1-13-5-2-3-7-16(13)18-15-10-8-14(9-11-15)6-4-12-17/h2-3,5,7-11H,4,6,12,17H2,1H3. The molecule has 0 aromatic heterocycles. The summed E-state index contributed by atoms with van der Waals surface area (Å²) in [6.07, 6.45) is 2.05. The second-order valence-corrected chi connectivity index (χ2v) is 4.40. The second-order valence-electron chi connectivity index (χ2n) is 4.40. The first-order valence-corrected chi connectivity index (χ1v) is 6.32. The van der Waals surface area contributed by atoms with Crippen molar-refractivity contribution in [2.75, 3.05) is 6.54 Å². The number of rotatable bonds is 5. The third-order valence-corrected chi connectivity index (χ3v) is 2.91. The average molecular weight is 241 g/mol. The largest absolute Gasteiger partial charge is 0.457 e. The van der Waals surface area contributed by atoms with Crippen LogP contribution in [0.5, 0.6) is 11.5 Å². The number of hydrogen-bond donors (Lipinski definition) is 1. The lowest BCUT2D eigenvalue weighted by molar-refractivity contribution is 0.478. The van der Waals surface area contributed by atoms with Crippen molar-refractivity contribution in [3.05, 3.63) is 59.7 Å². The number of benzene rings is 2. The molecule has 2 rings (SSSR count). The molecule has 0 fully saturated rings. The summed E-state index contributed by atoms with van der Waals surface area (Å²) >= 11 is 0. The quantitative estimate of drug-likeness (QED) is 0.866. The van der Waals surface area contributed by atoms with E-state index < -0.39 is 0 Å². The summed E-state index contributed by atoms with van der Waals surface area (Å²) in [5.74, 6) is 1.79. The van der Waals surface area contributed by atoms with Gasteiger partial charge in [-0.2, -0.15) is 0 Å². The first-order valence-electron chi connectivity index (χ1n) is 6.32. The maximum absolute atomic E-state index is 5.84. The van der Waals surface area contributed by atoms with Crippen LogP contribution in [0.25, 0.3) is 0 Å². The first kappa shape index (κ1) is 12.7. The van der Waals surface area contributed by atoms with Crippen molar-refractivity contribution in [2.45, 2.75) is 19.8 Å². The van der Waals surface area contributed by atoms with Crippen molar-refractivity contribution in [2.24, 2.45) is 5.73 Å². The molecule has 0 unspecified atom stereocenters. The van der Waals surface area contributed by atoms with Crippen LogP contribution in [0.2, 0.25) is 0 Å². The highest BCUT2D eigenvalue weighted by Crippen LogP contribution is 2.24. The van der Waals surface area contributed by atoms with Gasteiger partial charge in [-0.3, -0.25) is 0 Å². The molecular formula is C16H19NO. The van der Waals surface area contributed by atoms with Gasteiger partial charge in [0.1, 0.15) is 11.5 Å². The van der Waals surface area contributed by atoms with Crippen molar-refractivity contribution in [1.29, 1.82) is 0 Å². The van der Waals surface area contributed by atoms with Crippen LogP contribution >= 0.6 is 0 Å². The van der Waals surface area contributed by atoms with Gasteiger partial charge in [0, 0.05) is 0 Å². The van der Waals surface area contributed by atoms with Crippen LogP contribution in [-0.4, -0.2) is 6.54 Å². The molecule has 0 saturated heterocycles. The van der Waals surface area contributed by atoms with Gasteiger partial charge in [-0.05, 0) is 55.6 Å². The number of ether oxygens (including phenoxy) is 1. The molecule has 0 amide bonds. The molecule has 0 aliphatic rings. The Hall–Kier alpha value is -1.80. The monoisotopic (exact) mass is 241 g/mol. The van der Waals surface area contributed by atoms with Crippen molar-refractivity contribution in [1.82, 2.24) is 0 Å². The fourth-order valence-corrected chi connectivity index (χ4v) is 1.83. The number of hydrogen-bond acceptors (Lipinski definition) is 2. The van der Waals surface area contributed by atoms with Gasteiger partial charge in [0.25, 0.3) is 0 Å². The smallest absolute Gasteiger partial charge is 0.130 e. The van der Waals surface area contributed by atoms with Crippen molar-refractivity contribution in [3.63, 3.8) is 0 Å². The molecular weight excluding hydrogens is 222 g/mol. The van der Waals surface area contributed by atoms with E-state index in [-0.39, 0.29) is 0 Å². The lowest BCUT2D eigenvalue weighted by Crippen LogP contribution is -2.00. The molecule has 0 atom stereocenters. The Morgan fingerprint density at radius 1 is 1.00 bits per heavy atom. The van der Waals surface area contributed by atoms with Gasteiger partial charge < -0.3 is 10.5 Å². The average Bonchev–Trinajstić information content (AvgIpc) is 2.41. The fourth-order valence-electron chi connectivity index (χ4n) is 1.83. The summed E-state index contributed by atoms with van der Waals surface area (Å²) in [6.45, 7) is 2.78. The Bertz CT molecular complexity index is 491. The Morgan fingerprint density at radius 3 is 2.39 bits per heavy atom. The van der Waals surface area contributed by atoms with E-state index in [2.05, 4.69) is 12.1 Å². The molecule has 2 N–H and O–H groups in total. The molecule has 0 heterocycles. The lowest BCUT2D eigenvalue weighted by atomic mass is 10.1. The number of nitrogens with two attached hydrogens (primary N) is 1. The predicted octanol–water partition coefficient (Wildman–Crippen LogP) is 3.68. The van der Waals surface area contributed by atoms with Gasteiger partial charge in [-0.1, -0.05) is 30.3 Å². The highest BCUT2D eigenvalue weighted by molar-refractivity contribution is 5.37. The molecule has 18 heavy (non-hydrogen) atoms. The van der Waals surface area contributed by atoms with Crippen molar-refractivity contribution in [3.8, 4) is 11.5 Å². The van der Waals surface area contributed by atoms with E-state index >= 15 is 0 Å². The second kappa shape index (κ2) is 6.22. The Balaban J connectivity index is 2.04. The zero-order valence-electron chi connectivity index (χ0n) is 10.7. The van der Waals surface area contributed by atoms with E-state index in [1.807, 2.05) is 43.3 Å². The van der Waals surface area contributed by atoms with Crippen LogP contribution in [0.1, 0.15) is 17.5 Å². The summed E-state index contributed by atoms with van der Waals surface area (Å²) in [7, 11) is 0. The minimum Gasteiger partial charge on any atom is -0.457 e. The number of para-hydroxylation sites is 1. The van der Waals surface area contributed by atoms with E-state index in [4.69, 9.17) is 10.5 Å². The van der Waals surface area contributed by atoms with Crippen LogP contribution in [0.4, 0.5) is 0 Å². The minimum atomic E-state index is 0.738. The lowest BCUT2D eigenvalue weighted by Gasteiger charge is -2.09. The van der Waals surface area contributed by atoms with E-state index in [1.54, 1.807) is 0 Å². The molecule has 0 bridgehead atoms. The molecule has 0 aliphatic carbocycles. The maximum atomic E-state index is 5.84. The van der Waals surface area contributed by atoms with Crippen molar-refractivity contribution < 1.29 is 4.74 Å². The van der Waals surface area contributed by atoms with Crippen molar-refractivity contribution >= 4 is 0 Å². The van der Waals surface area contributed by atoms with Gasteiger partial charge in [0.05, 0.1) is 0 Å². The zero-order valence-corrected chi connectivity index (χ0v) is 10.7. The summed E-state index contributed by atoms with van der Waals surface area (Å²) in [4.78, 5) is 0. The van der Waals surface area contributed by atoms with E-state index in [0.717, 1.165) is 36.4 Å². The third kappa shape index (κ3) is 3.34. The predicted molar refractivity (Wildman–Crippen MR) is 75.1 cm³/mol. The van der Waals surface area contributed by atoms with Crippen LogP contribution < -0.4 is 10.5 Å². The molecule has 0 radical (unpaired) electrons.